The van der Waals surface area contributed by atoms with Gasteiger partial charge in [-0.2, -0.15) is 0 Å². The second-order valence-corrected chi connectivity index (χ2v) is 6.24. The molecule has 1 fully saturated rings. The van der Waals surface area contributed by atoms with Crippen LogP contribution in [0.15, 0.2) is 11.3 Å². The molecule has 1 aliphatic rings. The molecule has 8 heteroatoms. The maximum atomic E-state index is 4.28. The Morgan fingerprint density at radius 3 is 2.54 bits per heavy atom. The molecule has 2 heterocycles. The van der Waals surface area contributed by atoms with E-state index in [-0.39, 0.29) is 24.0 Å². The van der Waals surface area contributed by atoms with Crippen LogP contribution in [-0.2, 0) is 13.0 Å². The first kappa shape index (κ1) is 21.1. The van der Waals surface area contributed by atoms with Crippen LogP contribution in [0.1, 0.15) is 32.5 Å². The zero-order chi connectivity index (χ0) is 16.5. The van der Waals surface area contributed by atoms with Crippen LogP contribution >= 0.6 is 24.0 Å². The van der Waals surface area contributed by atoms with Crippen LogP contribution in [0.4, 0.5) is 0 Å². The predicted octanol–water partition coefficient (Wildman–Crippen LogP) is 1.36. The molecule has 1 aromatic rings. The van der Waals surface area contributed by atoms with E-state index in [1.165, 1.54) is 25.9 Å². The molecule has 0 radical (unpaired) electrons. The van der Waals surface area contributed by atoms with Crippen molar-refractivity contribution in [3.63, 3.8) is 0 Å². The van der Waals surface area contributed by atoms with Gasteiger partial charge in [0.2, 0.25) is 0 Å². The quantitative estimate of drug-likeness (QED) is 0.374. The third-order valence-corrected chi connectivity index (χ3v) is 4.48. The van der Waals surface area contributed by atoms with Crippen LogP contribution in [0, 0.1) is 5.92 Å². The Labute approximate surface area is 162 Å². The Kier molecular flexibility index (Phi) is 10.2. The number of rotatable bonds is 7. The number of hydrogen-bond acceptors (Lipinski definition) is 4. The zero-order valence-corrected chi connectivity index (χ0v) is 17.5. The topological polar surface area (TPSA) is 70.4 Å². The van der Waals surface area contributed by atoms with Crippen LogP contribution in [0.5, 0.6) is 0 Å². The number of aromatic nitrogens is 3. The van der Waals surface area contributed by atoms with Crippen molar-refractivity contribution in [3.8, 4) is 0 Å². The zero-order valence-electron chi connectivity index (χ0n) is 15.2. The summed E-state index contributed by atoms with van der Waals surface area (Å²) < 4.78 is 2.08. The van der Waals surface area contributed by atoms with Crippen molar-refractivity contribution in [1.82, 2.24) is 30.3 Å². The number of aliphatic imine (C=N–C) groups is 1. The average Bonchev–Trinajstić information content (AvgIpc) is 3.02. The molecule has 2 N–H and O–H groups in total. The first-order valence-electron chi connectivity index (χ1n) is 8.76. The fraction of sp³-hybridized carbons (Fsp3) is 0.812. The number of guanidine groups is 1. The summed E-state index contributed by atoms with van der Waals surface area (Å²) in [4.78, 5) is 6.81. The van der Waals surface area contributed by atoms with Gasteiger partial charge in [0.15, 0.2) is 5.96 Å². The molecule has 0 aliphatic carbocycles. The summed E-state index contributed by atoms with van der Waals surface area (Å²) in [5, 5.41) is 14.8. The lowest BCUT2D eigenvalue weighted by Gasteiger charge is -2.30. The molecule has 1 aromatic heterocycles. The van der Waals surface area contributed by atoms with E-state index < -0.39 is 0 Å². The minimum absolute atomic E-state index is 0. The van der Waals surface area contributed by atoms with Gasteiger partial charge in [0.05, 0.1) is 0 Å². The van der Waals surface area contributed by atoms with E-state index in [1.54, 1.807) is 6.33 Å². The molecule has 0 aromatic carbocycles. The summed E-state index contributed by atoms with van der Waals surface area (Å²) in [5.74, 6) is 2.77. The molecule has 1 aliphatic heterocycles. The molecule has 0 amide bonds. The number of nitrogens with one attached hydrogen (secondary N) is 2. The maximum Gasteiger partial charge on any atom is 0.191 e. The molecule has 0 saturated carbocycles. The highest BCUT2D eigenvalue weighted by Gasteiger charge is 2.14. The largest absolute Gasteiger partial charge is 0.355 e. The highest BCUT2D eigenvalue weighted by atomic mass is 127. The van der Waals surface area contributed by atoms with Crippen molar-refractivity contribution >= 4 is 29.9 Å². The van der Waals surface area contributed by atoms with Gasteiger partial charge in [-0.25, -0.2) is 0 Å². The lowest BCUT2D eigenvalue weighted by molar-refractivity contribution is 0.195. The lowest BCUT2D eigenvalue weighted by atomic mass is 9.99. The Morgan fingerprint density at radius 1 is 1.25 bits per heavy atom. The molecule has 2 rings (SSSR count). The molecule has 24 heavy (non-hydrogen) atoms. The van der Waals surface area contributed by atoms with E-state index in [1.807, 2.05) is 7.05 Å². The van der Waals surface area contributed by atoms with Crippen LogP contribution in [0.25, 0.3) is 0 Å². The fourth-order valence-electron chi connectivity index (χ4n) is 2.87. The second-order valence-electron chi connectivity index (χ2n) is 6.24. The van der Waals surface area contributed by atoms with E-state index in [4.69, 9.17) is 0 Å². The lowest BCUT2D eigenvalue weighted by Crippen LogP contribution is -2.44. The van der Waals surface area contributed by atoms with Gasteiger partial charge in [0.1, 0.15) is 12.2 Å². The molecular weight excluding hydrogens is 417 g/mol. The van der Waals surface area contributed by atoms with E-state index in [0.717, 1.165) is 50.3 Å². The monoisotopic (exact) mass is 449 g/mol. The van der Waals surface area contributed by atoms with Gasteiger partial charge in [-0.1, -0.05) is 13.8 Å². The number of aryl methyl sites for hydroxylation is 1. The van der Waals surface area contributed by atoms with E-state index >= 15 is 0 Å². The first-order chi connectivity index (χ1) is 11.2. The van der Waals surface area contributed by atoms with Crippen molar-refractivity contribution in [2.75, 3.05) is 39.8 Å². The molecule has 7 nitrogen and oxygen atoms in total. The minimum Gasteiger partial charge on any atom is -0.355 e. The van der Waals surface area contributed by atoms with Crippen molar-refractivity contribution in [3.05, 3.63) is 12.2 Å². The fourth-order valence-corrected chi connectivity index (χ4v) is 2.87. The number of halogens is 1. The van der Waals surface area contributed by atoms with Crippen LogP contribution < -0.4 is 10.6 Å². The van der Waals surface area contributed by atoms with Crippen LogP contribution in [0.2, 0.25) is 0 Å². The Morgan fingerprint density at radius 2 is 1.92 bits per heavy atom. The van der Waals surface area contributed by atoms with Gasteiger partial charge in [-0.15, -0.1) is 34.2 Å². The smallest absolute Gasteiger partial charge is 0.191 e. The van der Waals surface area contributed by atoms with Crippen LogP contribution in [0.3, 0.4) is 0 Å². The summed E-state index contributed by atoms with van der Waals surface area (Å²) in [5.41, 5.74) is 0. The van der Waals surface area contributed by atoms with Gasteiger partial charge in [-0.3, -0.25) is 4.99 Å². The summed E-state index contributed by atoms with van der Waals surface area (Å²) >= 11 is 0. The predicted molar refractivity (Wildman–Crippen MR) is 109 cm³/mol. The number of likely N-dealkylation sites (tertiary alicyclic amines) is 1. The van der Waals surface area contributed by atoms with Crippen molar-refractivity contribution in [2.45, 2.75) is 39.7 Å². The summed E-state index contributed by atoms with van der Waals surface area (Å²) in [6.07, 6.45) is 5.34. The number of piperidine rings is 1. The normalized spacial score (nSPS) is 16.7. The summed E-state index contributed by atoms with van der Waals surface area (Å²) in [6, 6.07) is 0. The van der Waals surface area contributed by atoms with E-state index in [0.29, 0.717) is 0 Å². The third-order valence-electron chi connectivity index (χ3n) is 4.48. The summed E-state index contributed by atoms with van der Waals surface area (Å²) in [7, 11) is 1.81. The standard InChI is InChI=1S/C16H31N7.HI/c1-4-15-21-20-13-23(15)12-8-19-16(17-3)18-7-11-22-9-5-14(2)6-10-22;/h13-14H,4-12H2,1-3H3,(H2,17,18,19);1H. The van der Waals surface area contributed by atoms with Gasteiger partial charge >= 0.3 is 0 Å². The van der Waals surface area contributed by atoms with Gasteiger partial charge in [0, 0.05) is 39.6 Å². The second kappa shape index (κ2) is 11.6. The molecule has 0 bridgehead atoms. The highest BCUT2D eigenvalue weighted by Crippen LogP contribution is 2.14. The maximum absolute atomic E-state index is 4.28. The van der Waals surface area contributed by atoms with Gasteiger partial charge in [-0.05, 0) is 31.8 Å². The van der Waals surface area contributed by atoms with Crippen molar-refractivity contribution < 1.29 is 0 Å². The molecule has 0 spiro atoms. The Balaban J connectivity index is 0.00000288. The highest BCUT2D eigenvalue weighted by molar-refractivity contribution is 14.0. The van der Waals surface area contributed by atoms with E-state index in [9.17, 15) is 0 Å². The SMILES string of the molecule is CCc1nncn1CCNC(=NC)NCCN1CCC(C)CC1.I. The van der Waals surface area contributed by atoms with Gasteiger partial charge < -0.3 is 20.1 Å². The molecule has 138 valence electrons. The van der Waals surface area contributed by atoms with Crippen molar-refractivity contribution in [1.29, 1.82) is 0 Å². The number of nitrogens with zero attached hydrogens (tertiary/aromatic N) is 5. The van der Waals surface area contributed by atoms with Crippen LogP contribution in [-0.4, -0.2) is 65.4 Å². The molecular formula is C16H32IN7. The summed E-state index contributed by atoms with van der Waals surface area (Å²) in [6.45, 7) is 10.6. The Bertz CT molecular complexity index is 481. The van der Waals surface area contributed by atoms with Crippen molar-refractivity contribution in [2.24, 2.45) is 10.9 Å². The minimum atomic E-state index is 0. The molecule has 0 atom stereocenters. The Hall–Kier alpha value is -0.900. The van der Waals surface area contributed by atoms with E-state index in [2.05, 4.69) is 49.1 Å². The molecule has 1 saturated heterocycles. The van der Waals surface area contributed by atoms with Gasteiger partial charge in [0.25, 0.3) is 0 Å². The first-order valence-corrected chi connectivity index (χ1v) is 8.76. The number of hydrogen-bond donors (Lipinski definition) is 2. The third kappa shape index (κ3) is 6.92. The average molecular weight is 449 g/mol. The molecule has 0 unspecified atom stereocenters.